The second-order valence-corrected chi connectivity index (χ2v) is 8.11. The topological polar surface area (TPSA) is 63.4 Å². The van der Waals surface area contributed by atoms with Gasteiger partial charge >= 0.3 is 0 Å². The molecule has 0 bridgehead atoms. The monoisotopic (exact) mass is 280 g/mol. The largest absolute Gasteiger partial charge is 0.327 e. The molecule has 0 radical (unpaired) electrons. The highest BCUT2D eigenvalue weighted by atomic mass is 32.2. The fraction of sp³-hybridized carbons (Fsp3) is 1.00. The predicted octanol–water partition coefficient (Wildman–Crippen LogP) is 0.923. The van der Waals surface area contributed by atoms with Gasteiger partial charge in [-0.2, -0.15) is 11.8 Å². The molecule has 6 heteroatoms. The number of hydrogen-bond acceptors (Lipinski definition) is 5. The highest BCUT2D eigenvalue weighted by molar-refractivity contribution is 8.00. The van der Waals surface area contributed by atoms with E-state index in [1.165, 1.54) is 6.26 Å². The fourth-order valence-electron chi connectivity index (χ4n) is 2.08. The molecule has 0 saturated carbocycles. The summed E-state index contributed by atoms with van der Waals surface area (Å²) in [5.74, 6) is 1.69. The first kappa shape index (κ1) is 15.3. The quantitative estimate of drug-likeness (QED) is 0.784. The first-order valence-corrected chi connectivity index (χ1v) is 9.32. The van der Waals surface area contributed by atoms with E-state index in [0.29, 0.717) is 12.3 Å². The number of hydrogen-bond donors (Lipinski definition) is 1. The summed E-state index contributed by atoms with van der Waals surface area (Å²) < 4.78 is 23.4. The highest BCUT2D eigenvalue weighted by Crippen LogP contribution is 2.20. The molecule has 2 unspecified atom stereocenters. The van der Waals surface area contributed by atoms with Crippen LogP contribution in [0.1, 0.15) is 26.2 Å². The average Bonchev–Trinajstić information content (AvgIpc) is 2.25. The molecule has 17 heavy (non-hydrogen) atoms. The van der Waals surface area contributed by atoms with Crippen LogP contribution in [0.25, 0.3) is 0 Å². The molecule has 4 nitrogen and oxygen atoms in total. The summed E-state index contributed by atoms with van der Waals surface area (Å²) in [6.45, 7) is 3.68. The van der Waals surface area contributed by atoms with E-state index >= 15 is 0 Å². The lowest BCUT2D eigenvalue weighted by atomic mass is 10.1. The number of rotatable bonds is 6. The molecule has 0 aliphatic carbocycles. The Morgan fingerprint density at radius 3 is 2.82 bits per heavy atom. The molecule has 1 heterocycles. The van der Waals surface area contributed by atoms with Gasteiger partial charge in [0, 0.05) is 36.9 Å². The van der Waals surface area contributed by atoms with Gasteiger partial charge in [0.2, 0.25) is 0 Å². The van der Waals surface area contributed by atoms with Gasteiger partial charge in [-0.15, -0.1) is 0 Å². The van der Waals surface area contributed by atoms with Gasteiger partial charge in [0.05, 0.1) is 0 Å². The molecule has 0 aromatic rings. The summed E-state index contributed by atoms with van der Waals surface area (Å²) in [4.78, 5) is 2.05. The van der Waals surface area contributed by atoms with E-state index in [9.17, 15) is 8.42 Å². The Kier molecular flexibility index (Phi) is 6.26. The third-order valence-electron chi connectivity index (χ3n) is 3.08. The zero-order chi connectivity index (χ0) is 12.9. The normalized spacial score (nSPS) is 24.8. The summed E-state index contributed by atoms with van der Waals surface area (Å²) in [6, 6.07) is 0.0994. The first-order chi connectivity index (χ1) is 7.95. The van der Waals surface area contributed by atoms with Crippen LogP contribution < -0.4 is 5.73 Å². The highest BCUT2D eigenvalue weighted by Gasteiger charge is 2.31. The van der Waals surface area contributed by atoms with Crippen LogP contribution >= 0.6 is 11.8 Å². The van der Waals surface area contributed by atoms with Crippen molar-refractivity contribution in [1.29, 1.82) is 0 Å². The van der Waals surface area contributed by atoms with Gasteiger partial charge in [-0.05, 0) is 6.42 Å². The number of thioether (sulfide) groups is 1. The summed E-state index contributed by atoms with van der Waals surface area (Å²) in [5, 5.41) is -0.339. The van der Waals surface area contributed by atoms with E-state index in [-0.39, 0.29) is 11.4 Å². The van der Waals surface area contributed by atoms with E-state index in [1.807, 2.05) is 4.90 Å². The molecular formula is C11H24N2O2S2. The zero-order valence-corrected chi connectivity index (χ0v) is 12.4. The molecule has 1 saturated heterocycles. The van der Waals surface area contributed by atoms with Gasteiger partial charge in [0.1, 0.15) is 5.37 Å². The van der Waals surface area contributed by atoms with Crippen molar-refractivity contribution in [2.24, 2.45) is 5.73 Å². The number of nitrogens with two attached hydrogens (primary N) is 1. The summed E-state index contributed by atoms with van der Waals surface area (Å²) in [7, 11) is -2.99. The molecule has 1 fully saturated rings. The molecule has 1 aliphatic rings. The van der Waals surface area contributed by atoms with Crippen molar-refractivity contribution >= 4 is 21.6 Å². The third kappa shape index (κ3) is 5.16. The maximum absolute atomic E-state index is 11.7. The summed E-state index contributed by atoms with van der Waals surface area (Å²) >= 11 is 1.72. The lowest BCUT2D eigenvalue weighted by molar-refractivity contribution is 0.248. The first-order valence-electron chi connectivity index (χ1n) is 6.21. The van der Waals surface area contributed by atoms with E-state index in [0.717, 1.165) is 31.6 Å². The van der Waals surface area contributed by atoms with Crippen molar-refractivity contribution in [1.82, 2.24) is 4.90 Å². The summed E-state index contributed by atoms with van der Waals surface area (Å²) in [5.41, 5.74) is 6.05. The second-order valence-electron chi connectivity index (χ2n) is 4.76. The Balaban J connectivity index is 2.54. The average molecular weight is 280 g/mol. The SMILES string of the molecule is CCCCC(N)CN1CCSCC1S(C)(=O)=O. The molecule has 0 amide bonds. The molecule has 2 N–H and O–H groups in total. The number of unbranched alkanes of at least 4 members (excludes halogenated alkanes) is 1. The molecule has 1 aliphatic heterocycles. The lowest BCUT2D eigenvalue weighted by Gasteiger charge is -2.35. The third-order valence-corrected chi connectivity index (χ3v) is 5.77. The van der Waals surface area contributed by atoms with Crippen LogP contribution in [0.2, 0.25) is 0 Å². The van der Waals surface area contributed by atoms with E-state index in [1.54, 1.807) is 11.8 Å². The Morgan fingerprint density at radius 1 is 1.53 bits per heavy atom. The molecular weight excluding hydrogens is 256 g/mol. The van der Waals surface area contributed by atoms with Crippen LogP contribution in [0.15, 0.2) is 0 Å². The van der Waals surface area contributed by atoms with Gasteiger partial charge in [0.25, 0.3) is 0 Å². The van der Waals surface area contributed by atoms with Crippen LogP contribution in [0, 0.1) is 0 Å². The van der Waals surface area contributed by atoms with Crippen molar-refractivity contribution in [3.8, 4) is 0 Å². The minimum atomic E-state index is -2.99. The van der Waals surface area contributed by atoms with Gasteiger partial charge in [-0.25, -0.2) is 8.42 Å². The van der Waals surface area contributed by atoms with Crippen LogP contribution in [0.3, 0.4) is 0 Å². The van der Waals surface area contributed by atoms with Crippen molar-refractivity contribution in [3.63, 3.8) is 0 Å². The summed E-state index contributed by atoms with van der Waals surface area (Å²) in [6.07, 6.45) is 4.57. The van der Waals surface area contributed by atoms with Crippen molar-refractivity contribution in [3.05, 3.63) is 0 Å². The van der Waals surface area contributed by atoms with Gasteiger partial charge in [-0.3, -0.25) is 4.90 Å². The Labute approximate surface area is 109 Å². The Hall–Kier alpha value is 0.220. The lowest BCUT2D eigenvalue weighted by Crippen LogP contribution is -2.51. The van der Waals surface area contributed by atoms with Gasteiger partial charge < -0.3 is 5.73 Å². The Morgan fingerprint density at radius 2 is 2.24 bits per heavy atom. The molecule has 102 valence electrons. The van der Waals surface area contributed by atoms with E-state index < -0.39 is 9.84 Å². The maximum Gasteiger partial charge on any atom is 0.164 e. The number of nitrogens with zero attached hydrogens (tertiary/aromatic N) is 1. The van der Waals surface area contributed by atoms with Crippen LogP contribution in [0.4, 0.5) is 0 Å². The zero-order valence-electron chi connectivity index (χ0n) is 10.8. The van der Waals surface area contributed by atoms with Crippen LogP contribution in [-0.2, 0) is 9.84 Å². The van der Waals surface area contributed by atoms with Crippen LogP contribution in [0.5, 0.6) is 0 Å². The van der Waals surface area contributed by atoms with Crippen molar-refractivity contribution < 1.29 is 8.42 Å². The van der Waals surface area contributed by atoms with Gasteiger partial charge in [-0.1, -0.05) is 19.8 Å². The van der Waals surface area contributed by atoms with Crippen molar-refractivity contribution in [2.45, 2.75) is 37.6 Å². The molecule has 0 aromatic carbocycles. The van der Waals surface area contributed by atoms with Crippen LogP contribution in [-0.4, -0.2) is 55.6 Å². The standard InChI is InChI=1S/C11H24N2O2S2/c1-3-4-5-10(12)8-13-6-7-16-9-11(13)17(2,14)15/h10-11H,3-9,12H2,1-2H3. The molecule has 0 spiro atoms. The molecule has 0 aromatic heterocycles. The van der Waals surface area contributed by atoms with E-state index in [2.05, 4.69) is 6.92 Å². The number of sulfone groups is 1. The minimum absolute atomic E-state index is 0.0994. The van der Waals surface area contributed by atoms with Crippen molar-refractivity contribution in [2.75, 3.05) is 30.9 Å². The Bertz CT molecular complexity index is 319. The fourth-order valence-corrected chi connectivity index (χ4v) is 5.03. The maximum atomic E-state index is 11.7. The smallest absolute Gasteiger partial charge is 0.164 e. The second kappa shape index (κ2) is 6.97. The minimum Gasteiger partial charge on any atom is -0.327 e. The predicted molar refractivity (Wildman–Crippen MR) is 75.0 cm³/mol. The van der Waals surface area contributed by atoms with Gasteiger partial charge in [0.15, 0.2) is 9.84 Å². The molecule has 1 rings (SSSR count). The molecule has 2 atom stereocenters. The van der Waals surface area contributed by atoms with E-state index in [4.69, 9.17) is 5.73 Å².